The van der Waals surface area contributed by atoms with Crippen LogP contribution in [0.5, 0.6) is 11.5 Å². The molecule has 1 aliphatic heterocycles. The molecule has 3 aromatic rings. The van der Waals surface area contributed by atoms with E-state index in [1.54, 1.807) is 37.7 Å². The van der Waals surface area contributed by atoms with Gasteiger partial charge >= 0.3 is 0 Å². The maximum atomic E-state index is 12.8. The molecule has 1 saturated heterocycles. The fourth-order valence-corrected chi connectivity index (χ4v) is 4.97. The van der Waals surface area contributed by atoms with Gasteiger partial charge in [0.1, 0.15) is 16.5 Å². The number of carbonyl (C=O) groups excluding carboxylic acids is 1. The highest BCUT2D eigenvalue weighted by atomic mass is 32.1. The van der Waals surface area contributed by atoms with Crippen LogP contribution in [0, 0.1) is 0 Å². The van der Waals surface area contributed by atoms with E-state index in [4.69, 9.17) is 18.6 Å². The van der Waals surface area contributed by atoms with Crippen LogP contribution in [0.2, 0.25) is 0 Å². The number of hydrogen-bond donors (Lipinski definition) is 1. The summed E-state index contributed by atoms with van der Waals surface area (Å²) in [5, 5.41) is 3.90. The maximum absolute atomic E-state index is 12.8. The van der Waals surface area contributed by atoms with Crippen molar-refractivity contribution in [2.24, 2.45) is 0 Å². The molecule has 0 saturated carbocycles. The van der Waals surface area contributed by atoms with Crippen molar-refractivity contribution in [2.45, 2.75) is 19.4 Å². The molecule has 0 spiro atoms. The summed E-state index contributed by atoms with van der Waals surface area (Å²) in [6.07, 6.45) is 2.38. The fourth-order valence-electron chi connectivity index (χ4n) is 3.95. The van der Waals surface area contributed by atoms with Gasteiger partial charge in [-0.1, -0.05) is 6.92 Å². The molecule has 1 N–H and O–H groups in total. The number of morpholine rings is 1. The van der Waals surface area contributed by atoms with Crippen LogP contribution in [0.1, 0.15) is 39.5 Å². The average Bonchev–Trinajstić information content (AvgIpc) is 3.51. The lowest BCUT2D eigenvalue weighted by Gasteiger charge is -2.35. The zero-order valence-electron chi connectivity index (χ0n) is 18.6. The Bertz CT molecular complexity index is 1040. The van der Waals surface area contributed by atoms with Crippen LogP contribution in [0.25, 0.3) is 0 Å². The first-order chi connectivity index (χ1) is 15.6. The van der Waals surface area contributed by atoms with E-state index in [0.717, 1.165) is 47.1 Å². The van der Waals surface area contributed by atoms with Crippen LogP contribution in [0.15, 0.2) is 47.1 Å². The van der Waals surface area contributed by atoms with Crippen molar-refractivity contribution in [1.82, 2.24) is 4.90 Å². The highest BCUT2D eigenvalue weighted by Crippen LogP contribution is 2.43. The first-order valence-corrected chi connectivity index (χ1v) is 11.5. The molecule has 1 amide bonds. The van der Waals surface area contributed by atoms with Gasteiger partial charge in [0, 0.05) is 35.2 Å². The summed E-state index contributed by atoms with van der Waals surface area (Å²) >= 11 is 1.60. The number of hydrogen-bond acceptors (Lipinski definition) is 7. The molecule has 2 aromatic heterocycles. The zero-order chi connectivity index (χ0) is 22.5. The second kappa shape index (κ2) is 10.2. The van der Waals surface area contributed by atoms with Gasteiger partial charge in [-0.25, -0.2) is 0 Å². The van der Waals surface area contributed by atoms with Crippen LogP contribution >= 0.6 is 11.3 Å². The van der Waals surface area contributed by atoms with Crippen molar-refractivity contribution in [3.8, 4) is 11.5 Å². The van der Waals surface area contributed by atoms with Crippen molar-refractivity contribution in [2.75, 3.05) is 45.8 Å². The number of ether oxygens (including phenoxy) is 3. The number of nitrogens with one attached hydrogen (secondary N) is 1. The molecule has 7 nitrogen and oxygen atoms in total. The molecular weight excluding hydrogens is 428 g/mol. The van der Waals surface area contributed by atoms with Gasteiger partial charge < -0.3 is 23.9 Å². The Hall–Kier alpha value is -2.81. The number of aryl methyl sites for hydroxylation is 1. The number of thiophene rings is 1. The predicted molar refractivity (Wildman–Crippen MR) is 124 cm³/mol. The number of anilines is 1. The molecule has 32 heavy (non-hydrogen) atoms. The highest BCUT2D eigenvalue weighted by Gasteiger charge is 2.31. The third kappa shape index (κ3) is 4.67. The summed E-state index contributed by atoms with van der Waals surface area (Å²) in [5.41, 5.74) is 2.06. The molecule has 0 aliphatic carbocycles. The standard InChI is InChI=1S/C24H28N2O5S/c1-4-17-15-19(24(32-17)25-23(27)20-6-5-11-31-20)22(26-9-12-30-13-10-26)18-8-7-16(28-2)14-21(18)29-3/h5-8,11,14-15,22H,4,9-10,12-13H2,1-3H3,(H,25,27)/t22-/m0/s1. The molecule has 8 heteroatoms. The monoisotopic (exact) mass is 456 g/mol. The average molecular weight is 457 g/mol. The predicted octanol–water partition coefficient (Wildman–Crippen LogP) is 4.59. The topological polar surface area (TPSA) is 73.2 Å². The van der Waals surface area contributed by atoms with Gasteiger partial charge in [-0.05, 0) is 36.8 Å². The number of methoxy groups -OCH3 is 2. The Morgan fingerprint density at radius 1 is 1.16 bits per heavy atom. The number of nitrogens with zero attached hydrogens (tertiary/aromatic N) is 1. The number of carbonyl (C=O) groups is 1. The number of rotatable bonds is 8. The second-order valence-electron chi connectivity index (χ2n) is 7.44. The van der Waals surface area contributed by atoms with E-state index >= 15 is 0 Å². The number of benzene rings is 1. The van der Waals surface area contributed by atoms with E-state index in [2.05, 4.69) is 23.2 Å². The summed E-state index contributed by atoms with van der Waals surface area (Å²) in [4.78, 5) is 16.4. The van der Waals surface area contributed by atoms with Crippen molar-refractivity contribution in [3.05, 3.63) is 64.4 Å². The molecule has 4 rings (SSSR count). The molecule has 1 atom stereocenters. The minimum Gasteiger partial charge on any atom is -0.497 e. The Morgan fingerprint density at radius 2 is 1.97 bits per heavy atom. The van der Waals surface area contributed by atoms with Crippen LogP contribution in [0.4, 0.5) is 5.00 Å². The first-order valence-electron chi connectivity index (χ1n) is 10.7. The molecule has 1 fully saturated rings. The SMILES string of the molecule is CCc1cc([C@H](c2ccc(OC)cc2OC)N2CCOCC2)c(NC(=O)c2ccco2)s1. The first kappa shape index (κ1) is 22.4. The third-order valence-electron chi connectivity index (χ3n) is 5.57. The van der Waals surface area contributed by atoms with Gasteiger partial charge in [-0.15, -0.1) is 11.3 Å². The van der Waals surface area contributed by atoms with Crippen molar-refractivity contribution >= 4 is 22.2 Å². The molecule has 3 heterocycles. The lowest BCUT2D eigenvalue weighted by molar-refractivity contribution is 0.0237. The Labute approximate surface area is 191 Å². The highest BCUT2D eigenvalue weighted by molar-refractivity contribution is 7.16. The van der Waals surface area contributed by atoms with Crippen LogP contribution in [-0.2, 0) is 11.2 Å². The zero-order valence-corrected chi connectivity index (χ0v) is 19.4. The number of furan rings is 1. The summed E-state index contributed by atoms with van der Waals surface area (Å²) in [5.74, 6) is 1.50. The van der Waals surface area contributed by atoms with Gasteiger partial charge in [0.25, 0.3) is 5.91 Å². The lowest BCUT2D eigenvalue weighted by Crippen LogP contribution is -2.39. The summed E-state index contributed by atoms with van der Waals surface area (Å²) < 4.78 is 22.1. The van der Waals surface area contributed by atoms with Crippen LogP contribution in [-0.4, -0.2) is 51.3 Å². The van der Waals surface area contributed by atoms with Gasteiger partial charge in [0.05, 0.1) is 39.7 Å². The minimum atomic E-state index is -0.261. The van der Waals surface area contributed by atoms with Crippen molar-refractivity contribution < 1.29 is 23.4 Å². The fraction of sp³-hybridized carbons (Fsp3) is 0.375. The molecule has 0 bridgehead atoms. The summed E-state index contributed by atoms with van der Waals surface area (Å²) in [6, 6.07) is 11.3. The Kier molecular flexibility index (Phi) is 7.14. The molecule has 0 unspecified atom stereocenters. The minimum absolute atomic E-state index is 0.108. The van der Waals surface area contributed by atoms with E-state index in [-0.39, 0.29) is 17.7 Å². The summed E-state index contributed by atoms with van der Waals surface area (Å²) in [7, 11) is 3.31. The molecular formula is C24H28N2O5S. The van der Waals surface area contributed by atoms with E-state index in [1.165, 1.54) is 11.1 Å². The van der Waals surface area contributed by atoms with Crippen molar-refractivity contribution in [1.29, 1.82) is 0 Å². The van der Waals surface area contributed by atoms with Gasteiger partial charge in [0.15, 0.2) is 5.76 Å². The Balaban J connectivity index is 1.79. The largest absolute Gasteiger partial charge is 0.497 e. The van der Waals surface area contributed by atoms with E-state index < -0.39 is 0 Å². The Morgan fingerprint density at radius 3 is 2.62 bits per heavy atom. The normalized spacial score (nSPS) is 15.3. The number of amides is 1. The second-order valence-corrected chi connectivity index (χ2v) is 8.58. The van der Waals surface area contributed by atoms with Crippen LogP contribution in [0.3, 0.4) is 0 Å². The molecule has 170 valence electrons. The summed E-state index contributed by atoms with van der Waals surface area (Å²) in [6.45, 7) is 5.00. The molecule has 0 radical (unpaired) electrons. The van der Waals surface area contributed by atoms with Gasteiger partial charge in [-0.2, -0.15) is 0 Å². The quantitative estimate of drug-likeness (QED) is 0.534. The maximum Gasteiger partial charge on any atom is 0.291 e. The van der Waals surface area contributed by atoms with E-state index in [0.29, 0.717) is 13.2 Å². The van der Waals surface area contributed by atoms with E-state index in [1.807, 2.05) is 18.2 Å². The van der Waals surface area contributed by atoms with E-state index in [9.17, 15) is 4.79 Å². The smallest absolute Gasteiger partial charge is 0.291 e. The lowest BCUT2D eigenvalue weighted by atomic mass is 9.96. The third-order valence-corrected chi connectivity index (χ3v) is 6.78. The molecule has 1 aromatic carbocycles. The van der Waals surface area contributed by atoms with Gasteiger partial charge in [0.2, 0.25) is 0 Å². The van der Waals surface area contributed by atoms with Gasteiger partial charge in [-0.3, -0.25) is 9.69 Å². The van der Waals surface area contributed by atoms with Crippen LogP contribution < -0.4 is 14.8 Å². The van der Waals surface area contributed by atoms with Crippen molar-refractivity contribution in [3.63, 3.8) is 0 Å². The molecule has 1 aliphatic rings.